The van der Waals surface area contributed by atoms with Crippen LogP contribution in [0.2, 0.25) is 0 Å². The summed E-state index contributed by atoms with van der Waals surface area (Å²) < 4.78 is 2.90. The van der Waals surface area contributed by atoms with Gasteiger partial charge in [-0.2, -0.15) is 5.10 Å². The molecular formula is C17H14BrN3O. The summed E-state index contributed by atoms with van der Waals surface area (Å²) in [5, 5.41) is 4.94. The van der Waals surface area contributed by atoms with Gasteiger partial charge < -0.3 is 4.57 Å². The zero-order valence-corrected chi connectivity index (χ0v) is 13.5. The molecule has 1 heterocycles. The number of rotatable bonds is 3. The van der Waals surface area contributed by atoms with Crippen LogP contribution in [-0.2, 0) is 7.05 Å². The fourth-order valence-electron chi connectivity index (χ4n) is 2.34. The highest BCUT2D eigenvalue weighted by Gasteiger charge is 2.12. The van der Waals surface area contributed by atoms with E-state index < -0.39 is 0 Å². The van der Waals surface area contributed by atoms with Gasteiger partial charge in [-0.15, -0.1) is 0 Å². The Bertz CT molecular complexity index is 867. The molecule has 110 valence electrons. The van der Waals surface area contributed by atoms with Crippen molar-refractivity contribution in [1.29, 1.82) is 0 Å². The summed E-state index contributed by atoms with van der Waals surface area (Å²) in [6.45, 7) is 0. The highest BCUT2D eigenvalue weighted by atomic mass is 79.9. The zero-order valence-electron chi connectivity index (χ0n) is 12.0. The maximum atomic E-state index is 12.3. The van der Waals surface area contributed by atoms with E-state index in [1.807, 2.05) is 66.3 Å². The summed E-state index contributed by atoms with van der Waals surface area (Å²) in [6, 6.07) is 15.5. The van der Waals surface area contributed by atoms with Gasteiger partial charge in [-0.3, -0.25) is 4.79 Å². The molecule has 0 aliphatic heterocycles. The van der Waals surface area contributed by atoms with Gasteiger partial charge in [-0.25, -0.2) is 5.43 Å². The number of para-hydroxylation sites is 1. The summed E-state index contributed by atoms with van der Waals surface area (Å²) in [5.41, 5.74) is 5.12. The van der Waals surface area contributed by atoms with Crippen LogP contribution in [0.3, 0.4) is 0 Å². The van der Waals surface area contributed by atoms with Crippen LogP contribution in [-0.4, -0.2) is 16.7 Å². The third kappa shape index (κ3) is 2.94. The fraction of sp³-hybridized carbons (Fsp3) is 0.0588. The highest BCUT2D eigenvalue weighted by molar-refractivity contribution is 9.10. The fourth-order valence-corrected chi connectivity index (χ4v) is 2.75. The molecule has 4 nitrogen and oxygen atoms in total. The molecule has 1 aromatic heterocycles. The Balaban J connectivity index is 1.79. The molecule has 0 saturated carbocycles. The number of carbonyl (C=O) groups is 1. The second kappa shape index (κ2) is 6.15. The molecule has 22 heavy (non-hydrogen) atoms. The Hall–Kier alpha value is -2.40. The van der Waals surface area contributed by atoms with Crippen molar-refractivity contribution in [2.24, 2.45) is 12.1 Å². The van der Waals surface area contributed by atoms with Crippen molar-refractivity contribution in [1.82, 2.24) is 9.99 Å². The molecule has 5 heteroatoms. The molecule has 0 aliphatic carbocycles. The van der Waals surface area contributed by atoms with Crippen molar-refractivity contribution in [3.05, 3.63) is 70.3 Å². The standard InChI is InChI=1S/C17H14BrN3O/c1-21-11-15(14-7-2-3-8-16(14)21)17(22)20-19-10-12-5-4-6-13(18)9-12/h2-11H,1H3,(H,20,22). The predicted octanol–water partition coefficient (Wildman–Crippen LogP) is 3.70. The van der Waals surface area contributed by atoms with Gasteiger partial charge in [-0.05, 0) is 23.8 Å². The van der Waals surface area contributed by atoms with Gasteiger partial charge >= 0.3 is 0 Å². The van der Waals surface area contributed by atoms with Gasteiger partial charge in [-0.1, -0.05) is 46.3 Å². The van der Waals surface area contributed by atoms with Crippen LogP contribution in [0.4, 0.5) is 0 Å². The first-order valence-electron chi connectivity index (χ1n) is 6.78. The van der Waals surface area contributed by atoms with E-state index in [0.717, 1.165) is 20.9 Å². The van der Waals surface area contributed by atoms with Gasteiger partial charge in [0.25, 0.3) is 5.91 Å². The number of aryl methyl sites for hydroxylation is 1. The molecule has 0 atom stereocenters. The van der Waals surface area contributed by atoms with Crippen LogP contribution in [0.1, 0.15) is 15.9 Å². The summed E-state index contributed by atoms with van der Waals surface area (Å²) >= 11 is 3.40. The van der Waals surface area contributed by atoms with Crippen molar-refractivity contribution >= 4 is 39.0 Å². The lowest BCUT2D eigenvalue weighted by Crippen LogP contribution is -2.17. The van der Waals surface area contributed by atoms with E-state index in [1.54, 1.807) is 6.21 Å². The van der Waals surface area contributed by atoms with Crippen LogP contribution in [0.5, 0.6) is 0 Å². The van der Waals surface area contributed by atoms with E-state index in [4.69, 9.17) is 0 Å². The lowest BCUT2D eigenvalue weighted by atomic mass is 10.2. The lowest BCUT2D eigenvalue weighted by Gasteiger charge is -1.98. The van der Waals surface area contributed by atoms with Crippen molar-refractivity contribution in [3.8, 4) is 0 Å². The summed E-state index contributed by atoms with van der Waals surface area (Å²) in [7, 11) is 1.92. The first kappa shape index (κ1) is 14.5. The summed E-state index contributed by atoms with van der Waals surface area (Å²) in [5.74, 6) is -0.219. The molecule has 0 bridgehead atoms. The molecule has 0 saturated heterocycles. The zero-order chi connectivity index (χ0) is 15.5. The summed E-state index contributed by atoms with van der Waals surface area (Å²) in [6.07, 6.45) is 3.43. The monoisotopic (exact) mass is 355 g/mol. The number of benzene rings is 2. The largest absolute Gasteiger partial charge is 0.350 e. The third-order valence-electron chi connectivity index (χ3n) is 3.37. The van der Waals surface area contributed by atoms with Gasteiger partial charge in [0.05, 0.1) is 11.8 Å². The highest BCUT2D eigenvalue weighted by Crippen LogP contribution is 2.20. The molecule has 0 spiro atoms. The number of hydrogen-bond acceptors (Lipinski definition) is 2. The number of aromatic nitrogens is 1. The van der Waals surface area contributed by atoms with Gasteiger partial charge in [0.2, 0.25) is 0 Å². The number of carbonyl (C=O) groups excluding carboxylic acids is 1. The number of fused-ring (bicyclic) bond motifs is 1. The van der Waals surface area contributed by atoms with Crippen LogP contribution in [0, 0.1) is 0 Å². The van der Waals surface area contributed by atoms with E-state index in [9.17, 15) is 4.79 Å². The molecule has 0 aliphatic rings. The molecule has 0 fully saturated rings. The smallest absolute Gasteiger partial charge is 0.273 e. The predicted molar refractivity (Wildman–Crippen MR) is 92.1 cm³/mol. The quantitative estimate of drug-likeness (QED) is 0.565. The number of nitrogens with one attached hydrogen (secondary N) is 1. The number of halogens is 1. The minimum atomic E-state index is -0.219. The molecule has 0 unspecified atom stereocenters. The van der Waals surface area contributed by atoms with E-state index in [1.165, 1.54) is 0 Å². The number of hydrogen-bond donors (Lipinski definition) is 1. The Labute approximate surface area is 136 Å². The second-order valence-electron chi connectivity index (χ2n) is 4.92. The van der Waals surface area contributed by atoms with E-state index >= 15 is 0 Å². The molecular weight excluding hydrogens is 342 g/mol. The van der Waals surface area contributed by atoms with Crippen molar-refractivity contribution in [2.75, 3.05) is 0 Å². The Kier molecular flexibility index (Phi) is 4.06. The minimum Gasteiger partial charge on any atom is -0.350 e. The maximum Gasteiger partial charge on any atom is 0.273 e. The van der Waals surface area contributed by atoms with Crippen LogP contribution in [0.15, 0.2) is 64.3 Å². The van der Waals surface area contributed by atoms with Gasteiger partial charge in [0, 0.05) is 28.6 Å². The average molecular weight is 356 g/mol. The first-order valence-corrected chi connectivity index (χ1v) is 7.57. The molecule has 3 rings (SSSR count). The van der Waals surface area contributed by atoms with E-state index in [0.29, 0.717) is 5.56 Å². The van der Waals surface area contributed by atoms with Crippen LogP contribution >= 0.6 is 15.9 Å². The topological polar surface area (TPSA) is 46.4 Å². The Morgan fingerprint density at radius 1 is 1.23 bits per heavy atom. The first-order chi connectivity index (χ1) is 10.6. The Morgan fingerprint density at radius 3 is 2.86 bits per heavy atom. The summed E-state index contributed by atoms with van der Waals surface area (Å²) in [4.78, 5) is 12.3. The van der Waals surface area contributed by atoms with E-state index in [2.05, 4.69) is 26.5 Å². The maximum absolute atomic E-state index is 12.3. The normalized spacial score (nSPS) is 11.2. The van der Waals surface area contributed by atoms with Gasteiger partial charge in [0.1, 0.15) is 0 Å². The second-order valence-corrected chi connectivity index (χ2v) is 5.84. The van der Waals surface area contributed by atoms with Crippen molar-refractivity contribution in [2.45, 2.75) is 0 Å². The molecule has 0 radical (unpaired) electrons. The SMILES string of the molecule is Cn1cc(C(=O)NN=Cc2cccc(Br)c2)c2ccccc21. The lowest BCUT2D eigenvalue weighted by molar-refractivity contribution is 0.0956. The van der Waals surface area contributed by atoms with Crippen molar-refractivity contribution < 1.29 is 4.79 Å². The van der Waals surface area contributed by atoms with Crippen LogP contribution in [0.25, 0.3) is 10.9 Å². The molecule has 3 aromatic rings. The number of amides is 1. The van der Waals surface area contributed by atoms with Crippen LogP contribution < -0.4 is 5.43 Å². The van der Waals surface area contributed by atoms with Gasteiger partial charge in [0.15, 0.2) is 0 Å². The van der Waals surface area contributed by atoms with E-state index in [-0.39, 0.29) is 5.91 Å². The average Bonchev–Trinajstić information content (AvgIpc) is 2.85. The number of nitrogens with zero attached hydrogens (tertiary/aromatic N) is 2. The minimum absolute atomic E-state index is 0.219. The third-order valence-corrected chi connectivity index (χ3v) is 3.86. The Morgan fingerprint density at radius 2 is 2.05 bits per heavy atom. The number of hydrazone groups is 1. The molecule has 1 amide bonds. The molecule has 2 aromatic carbocycles. The van der Waals surface area contributed by atoms with Crippen molar-refractivity contribution in [3.63, 3.8) is 0 Å². The molecule has 1 N–H and O–H groups in total.